The summed E-state index contributed by atoms with van der Waals surface area (Å²) in [7, 11) is -3.54. The summed E-state index contributed by atoms with van der Waals surface area (Å²) in [6.45, 7) is 6.29. The molecule has 0 fully saturated rings. The maximum atomic E-state index is 12.4. The van der Waals surface area contributed by atoms with Crippen LogP contribution in [-0.2, 0) is 21.2 Å². The van der Waals surface area contributed by atoms with Gasteiger partial charge in [-0.25, -0.2) is 13.1 Å². The second kappa shape index (κ2) is 10.2. The van der Waals surface area contributed by atoms with Crippen molar-refractivity contribution < 1.29 is 13.2 Å². The van der Waals surface area contributed by atoms with Crippen LogP contribution in [0.2, 0.25) is 0 Å². The van der Waals surface area contributed by atoms with Crippen LogP contribution in [-0.4, -0.2) is 33.5 Å². The van der Waals surface area contributed by atoms with E-state index in [4.69, 9.17) is 5.73 Å². The van der Waals surface area contributed by atoms with Crippen LogP contribution in [0.25, 0.3) is 0 Å². The fraction of sp³-hybridized carbons (Fsp3) is 0.643. The minimum Gasteiger partial charge on any atom is -0.356 e. The molecule has 1 unspecified atom stereocenters. The third-order valence-corrected chi connectivity index (χ3v) is 6.17. The molecular weight excluding hydrogens is 358 g/mol. The van der Waals surface area contributed by atoms with Gasteiger partial charge >= 0.3 is 0 Å². The van der Waals surface area contributed by atoms with Gasteiger partial charge in [-0.2, -0.15) is 0 Å². The number of amides is 1. The second-order valence-electron chi connectivity index (χ2n) is 5.64. The summed E-state index contributed by atoms with van der Waals surface area (Å²) in [6, 6.07) is 3.12. The number of sulfonamides is 1. The van der Waals surface area contributed by atoms with E-state index >= 15 is 0 Å². The normalized spacial score (nSPS) is 12.7. The van der Waals surface area contributed by atoms with Crippen molar-refractivity contribution in [1.82, 2.24) is 10.0 Å². The summed E-state index contributed by atoms with van der Waals surface area (Å²) in [5.74, 6) is 0.276. The average Bonchev–Trinajstić information content (AvgIpc) is 2.86. The van der Waals surface area contributed by atoms with E-state index in [9.17, 15) is 13.2 Å². The predicted octanol–water partition coefficient (Wildman–Crippen LogP) is 1.50. The van der Waals surface area contributed by atoms with E-state index in [1.807, 2.05) is 13.8 Å². The van der Waals surface area contributed by atoms with Gasteiger partial charge in [0.25, 0.3) is 0 Å². The summed E-state index contributed by atoms with van der Waals surface area (Å²) in [5, 5.41) is 2.69. The molecule has 0 aliphatic rings. The monoisotopic (exact) mass is 383 g/mol. The van der Waals surface area contributed by atoms with Gasteiger partial charge in [-0.3, -0.25) is 4.79 Å². The first-order valence-electron chi connectivity index (χ1n) is 7.30. The fourth-order valence-electron chi connectivity index (χ4n) is 2.04. The lowest BCUT2D eigenvalue weighted by Crippen LogP contribution is -2.40. The number of thiophene rings is 1. The van der Waals surface area contributed by atoms with Gasteiger partial charge < -0.3 is 11.1 Å². The summed E-state index contributed by atoms with van der Waals surface area (Å²) in [4.78, 5) is 11.7. The van der Waals surface area contributed by atoms with Crippen LogP contribution in [0.4, 0.5) is 0 Å². The van der Waals surface area contributed by atoms with Gasteiger partial charge in [0, 0.05) is 30.9 Å². The maximum Gasteiger partial charge on any atom is 0.250 e. The number of rotatable bonds is 9. The molecule has 0 aliphatic carbocycles. The van der Waals surface area contributed by atoms with Crippen molar-refractivity contribution >= 4 is 39.7 Å². The number of carbonyl (C=O) groups excluding carboxylic acids is 1. The van der Waals surface area contributed by atoms with Crippen LogP contribution in [0.15, 0.2) is 16.3 Å². The molecule has 134 valence electrons. The van der Waals surface area contributed by atoms with E-state index in [1.54, 1.807) is 12.1 Å². The Morgan fingerprint density at radius 3 is 2.52 bits per heavy atom. The zero-order chi connectivity index (χ0) is 16.8. The highest BCUT2D eigenvalue weighted by Crippen LogP contribution is 2.22. The fourth-order valence-corrected chi connectivity index (χ4v) is 4.67. The standard InChI is InChI=1S/C14H25N3O3S2.ClH/c1-10(2)8-12(9-15)17-22(19,20)14-5-4-13(21-14)6-7-16-11(3)18;/h4-5,10,12,17H,6-9,15H2,1-3H3,(H,16,18);1H. The van der Waals surface area contributed by atoms with Gasteiger partial charge in [-0.15, -0.1) is 23.7 Å². The van der Waals surface area contributed by atoms with Crippen molar-refractivity contribution in [2.75, 3.05) is 13.1 Å². The van der Waals surface area contributed by atoms with E-state index in [1.165, 1.54) is 18.3 Å². The molecule has 0 bridgehead atoms. The van der Waals surface area contributed by atoms with Crippen molar-refractivity contribution in [3.05, 3.63) is 17.0 Å². The molecule has 0 saturated carbocycles. The van der Waals surface area contributed by atoms with Gasteiger partial charge in [0.2, 0.25) is 15.9 Å². The molecule has 9 heteroatoms. The third-order valence-electron chi connectivity index (χ3n) is 3.01. The Bertz CT molecular complexity index is 588. The van der Waals surface area contributed by atoms with E-state index in [0.717, 1.165) is 4.88 Å². The second-order valence-corrected chi connectivity index (χ2v) is 8.75. The molecule has 4 N–H and O–H groups in total. The minimum atomic E-state index is -3.54. The van der Waals surface area contributed by atoms with Gasteiger partial charge in [0.05, 0.1) is 0 Å². The number of nitrogens with two attached hydrogens (primary N) is 1. The van der Waals surface area contributed by atoms with Crippen LogP contribution < -0.4 is 15.8 Å². The SMILES string of the molecule is CC(=O)NCCc1ccc(S(=O)(=O)NC(CN)CC(C)C)s1.Cl. The first-order chi connectivity index (χ1) is 10.2. The Morgan fingerprint density at radius 2 is 2.00 bits per heavy atom. The first kappa shape index (κ1) is 22.3. The van der Waals surface area contributed by atoms with E-state index < -0.39 is 10.0 Å². The Labute approximate surface area is 148 Å². The number of carbonyl (C=O) groups is 1. The third kappa shape index (κ3) is 8.12. The van der Waals surface area contributed by atoms with Crippen molar-refractivity contribution in [3.63, 3.8) is 0 Å². The molecule has 1 aromatic rings. The quantitative estimate of drug-likeness (QED) is 0.601. The minimum absolute atomic E-state index is 0. The number of nitrogens with one attached hydrogen (secondary N) is 2. The Hall–Kier alpha value is -0.670. The molecule has 1 rings (SSSR count). The lowest BCUT2D eigenvalue weighted by atomic mass is 10.1. The Balaban J connectivity index is 0.00000484. The van der Waals surface area contributed by atoms with Crippen molar-refractivity contribution in [2.45, 2.75) is 43.9 Å². The molecular formula is C14H26ClN3O3S2. The summed E-state index contributed by atoms with van der Waals surface area (Å²) in [5.41, 5.74) is 5.64. The number of hydrogen-bond donors (Lipinski definition) is 3. The zero-order valence-corrected chi connectivity index (χ0v) is 16.1. The smallest absolute Gasteiger partial charge is 0.250 e. The van der Waals surface area contributed by atoms with Crippen molar-refractivity contribution in [2.24, 2.45) is 11.7 Å². The zero-order valence-electron chi connectivity index (χ0n) is 13.7. The Kier molecular flexibility index (Phi) is 9.95. The molecule has 6 nitrogen and oxygen atoms in total. The molecule has 0 spiro atoms. The van der Waals surface area contributed by atoms with Crippen LogP contribution >= 0.6 is 23.7 Å². The summed E-state index contributed by atoms with van der Waals surface area (Å²) < 4.78 is 27.7. The lowest BCUT2D eigenvalue weighted by molar-refractivity contribution is -0.118. The molecule has 0 aromatic carbocycles. The van der Waals surface area contributed by atoms with Crippen molar-refractivity contribution in [1.29, 1.82) is 0 Å². The molecule has 0 radical (unpaired) electrons. The number of halogens is 1. The van der Waals surface area contributed by atoms with Crippen LogP contribution in [0.5, 0.6) is 0 Å². The first-order valence-corrected chi connectivity index (χ1v) is 9.60. The topological polar surface area (TPSA) is 101 Å². The van der Waals surface area contributed by atoms with Gasteiger partial charge in [-0.05, 0) is 30.9 Å². The van der Waals surface area contributed by atoms with Crippen LogP contribution in [0.1, 0.15) is 32.1 Å². The van der Waals surface area contributed by atoms with Gasteiger partial charge in [0.1, 0.15) is 4.21 Å². The number of hydrogen-bond acceptors (Lipinski definition) is 5. The highest BCUT2D eigenvalue weighted by molar-refractivity contribution is 7.91. The lowest BCUT2D eigenvalue weighted by Gasteiger charge is -2.18. The van der Waals surface area contributed by atoms with E-state index in [0.29, 0.717) is 25.3 Å². The van der Waals surface area contributed by atoms with Crippen LogP contribution in [0, 0.1) is 5.92 Å². The molecule has 1 amide bonds. The van der Waals surface area contributed by atoms with Gasteiger partial charge in [-0.1, -0.05) is 13.8 Å². The molecule has 23 heavy (non-hydrogen) atoms. The molecule has 1 heterocycles. The largest absolute Gasteiger partial charge is 0.356 e. The van der Waals surface area contributed by atoms with Crippen molar-refractivity contribution in [3.8, 4) is 0 Å². The predicted molar refractivity (Wildman–Crippen MR) is 96.6 cm³/mol. The molecule has 0 aliphatic heterocycles. The molecule has 1 atom stereocenters. The van der Waals surface area contributed by atoms with Crippen LogP contribution in [0.3, 0.4) is 0 Å². The summed E-state index contributed by atoms with van der Waals surface area (Å²) in [6.07, 6.45) is 1.32. The summed E-state index contributed by atoms with van der Waals surface area (Å²) >= 11 is 1.22. The van der Waals surface area contributed by atoms with Gasteiger partial charge in [0.15, 0.2) is 0 Å². The van der Waals surface area contributed by atoms with E-state index in [-0.39, 0.29) is 35.1 Å². The highest BCUT2D eigenvalue weighted by Gasteiger charge is 2.21. The highest BCUT2D eigenvalue weighted by atomic mass is 35.5. The average molecular weight is 384 g/mol. The Morgan fingerprint density at radius 1 is 1.35 bits per heavy atom. The maximum absolute atomic E-state index is 12.4. The van der Waals surface area contributed by atoms with E-state index in [2.05, 4.69) is 10.0 Å². The molecule has 0 saturated heterocycles. The molecule has 1 aromatic heterocycles.